The van der Waals surface area contributed by atoms with Crippen LogP contribution in [0.2, 0.25) is 0 Å². The monoisotopic (exact) mass is 470 g/mol. The second-order valence-corrected chi connectivity index (χ2v) is 7.84. The largest absolute Gasteiger partial charge is 0.502 e. The van der Waals surface area contributed by atoms with Gasteiger partial charge in [-0.25, -0.2) is 9.24 Å². The van der Waals surface area contributed by atoms with Crippen molar-refractivity contribution in [2.45, 2.75) is 12.5 Å². The number of ether oxygens (including phenoxy) is 4. The lowest BCUT2D eigenvalue weighted by atomic mass is 10.1. The van der Waals surface area contributed by atoms with Gasteiger partial charge < -0.3 is 18.9 Å². The third kappa shape index (κ3) is 5.37. The number of esters is 1. The molecule has 1 aliphatic rings. The summed E-state index contributed by atoms with van der Waals surface area (Å²) in [6.45, 7) is 8.52. The van der Waals surface area contributed by atoms with Crippen molar-refractivity contribution in [3.63, 3.8) is 0 Å². The van der Waals surface area contributed by atoms with Crippen LogP contribution in [0.5, 0.6) is 23.0 Å². The van der Waals surface area contributed by atoms with Crippen LogP contribution >= 0.6 is 0 Å². The maximum Gasteiger partial charge on any atom is 0.315 e. The van der Waals surface area contributed by atoms with Crippen molar-refractivity contribution in [2.24, 2.45) is 0 Å². The summed E-state index contributed by atoms with van der Waals surface area (Å²) >= 11 is 0. The normalized spacial score (nSPS) is 14.2. The third-order valence-electron chi connectivity index (χ3n) is 5.29. The van der Waals surface area contributed by atoms with E-state index < -0.39 is 11.8 Å². The topological polar surface area (TPSA) is 74.5 Å². The Hall–Kier alpha value is -4.48. The minimum atomic E-state index is -0.592. The van der Waals surface area contributed by atoms with Gasteiger partial charge in [0.05, 0.1) is 25.1 Å². The molecule has 1 atom stereocenters. The lowest BCUT2D eigenvalue weighted by Crippen LogP contribution is -2.12. The third-order valence-corrected chi connectivity index (χ3v) is 5.29. The van der Waals surface area contributed by atoms with E-state index in [1.165, 1.54) is 12.1 Å². The van der Waals surface area contributed by atoms with E-state index in [0.29, 0.717) is 47.1 Å². The summed E-state index contributed by atoms with van der Waals surface area (Å²) in [5.74, 6) is 0.312. The molecule has 0 amide bonds. The van der Waals surface area contributed by atoms with Crippen LogP contribution in [0.3, 0.4) is 0 Å². The van der Waals surface area contributed by atoms with Gasteiger partial charge in [0, 0.05) is 17.6 Å². The highest BCUT2D eigenvalue weighted by molar-refractivity contribution is 5.91. The summed E-state index contributed by atoms with van der Waals surface area (Å²) in [5, 5.41) is 0.587. The Labute approximate surface area is 200 Å². The average Bonchev–Trinajstić information content (AvgIpc) is 3.69. The zero-order chi connectivity index (χ0) is 24.2. The van der Waals surface area contributed by atoms with Crippen molar-refractivity contribution in [2.75, 3.05) is 13.2 Å². The van der Waals surface area contributed by atoms with Gasteiger partial charge in [0.25, 0.3) is 0 Å². The molecule has 0 saturated carbocycles. The molecule has 174 valence electrons. The second kappa shape index (κ2) is 9.79. The molecule has 35 heavy (non-hydrogen) atoms. The maximum atomic E-state index is 14.7. The van der Waals surface area contributed by atoms with Crippen LogP contribution in [-0.2, 0) is 16.0 Å². The first-order valence-electron chi connectivity index (χ1n) is 10.9. The molecule has 2 heterocycles. The number of aromatic nitrogens is 1. The van der Waals surface area contributed by atoms with Crippen molar-refractivity contribution in [1.82, 2.24) is 4.98 Å². The van der Waals surface area contributed by atoms with Crippen molar-refractivity contribution in [3.8, 4) is 23.0 Å². The van der Waals surface area contributed by atoms with E-state index in [2.05, 4.69) is 9.83 Å². The van der Waals surface area contributed by atoms with Gasteiger partial charge in [-0.2, -0.15) is 0 Å². The van der Waals surface area contributed by atoms with Crippen molar-refractivity contribution >= 4 is 22.6 Å². The minimum absolute atomic E-state index is 0.0602. The van der Waals surface area contributed by atoms with Gasteiger partial charge >= 0.3 is 5.97 Å². The van der Waals surface area contributed by atoms with E-state index in [0.717, 1.165) is 0 Å². The Bertz CT molecular complexity index is 1430. The molecule has 7 nitrogen and oxygen atoms in total. The van der Waals surface area contributed by atoms with Crippen molar-refractivity contribution in [1.29, 1.82) is 0 Å². The highest BCUT2D eigenvalue weighted by Crippen LogP contribution is 2.38. The first-order valence-corrected chi connectivity index (χ1v) is 10.9. The number of halogens is 1. The van der Waals surface area contributed by atoms with Crippen LogP contribution in [0.4, 0.5) is 10.1 Å². The Morgan fingerprint density at radius 2 is 1.91 bits per heavy atom. The number of hydrogen-bond donors (Lipinski definition) is 0. The molecular weight excluding hydrogens is 451 g/mol. The first-order chi connectivity index (χ1) is 17.1. The molecule has 1 aliphatic heterocycles. The number of rotatable bonds is 8. The van der Waals surface area contributed by atoms with Crippen LogP contribution in [0.1, 0.15) is 5.56 Å². The Balaban J connectivity index is 1.33. The van der Waals surface area contributed by atoms with E-state index in [-0.39, 0.29) is 23.8 Å². The molecule has 0 spiro atoms. The molecule has 0 bridgehead atoms. The van der Waals surface area contributed by atoms with Gasteiger partial charge in [-0.15, -0.1) is 0 Å². The molecule has 4 aromatic rings. The molecule has 0 unspecified atom stereocenters. The Kier molecular flexibility index (Phi) is 6.24. The molecule has 3 aromatic carbocycles. The number of hydrogen-bond acceptors (Lipinski definition) is 6. The summed E-state index contributed by atoms with van der Waals surface area (Å²) in [5.41, 5.74) is 1.08. The molecule has 0 N–H and O–H groups in total. The van der Waals surface area contributed by atoms with E-state index in [1.807, 2.05) is 6.07 Å². The Morgan fingerprint density at radius 3 is 2.66 bits per heavy atom. The van der Waals surface area contributed by atoms with Gasteiger partial charge in [0.15, 0.2) is 0 Å². The maximum absolute atomic E-state index is 14.7. The summed E-state index contributed by atoms with van der Waals surface area (Å²) < 4.78 is 36.7. The fourth-order valence-electron chi connectivity index (χ4n) is 3.45. The van der Waals surface area contributed by atoms with Crippen molar-refractivity contribution in [3.05, 3.63) is 95.7 Å². The second-order valence-electron chi connectivity index (χ2n) is 7.84. The van der Waals surface area contributed by atoms with Crippen molar-refractivity contribution < 1.29 is 28.1 Å². The fraction of sp³-hybridized carbons (Fsp3) is 0.148. The summed E-state index contributed by atoms with van der Waals surface area (Å²) in [7, 11) is 0. The van der Waals surface area contributed by atoms with Gasteiger partial charge in [-0.1, -0.05) is 24.3 Å². The van der Waals surface area contributed by atoms with E-state index in [9.17, 15) is 9.18 Å². The molecule has 5 rings (SSSR count). The number of carbonyl (C=O) groups is 1. The van der Waals surface area contributed by atoms with Crippen LogP contribution < -0.4 is 14.2 Å². The minimum Gasteiger partial charge on any atom is -0.502 e. The van der Waals surface area contributed by atoms with E-state index in [1.54, 1.807) is 54.7 Å². The molecule has 1 aromatic heterocycles. The summed E-state index contributed by atoms with van der Waals surface area (Å²) in [6, 6.07) is 17.8. The number of pyridine rings is 1. The van der Waals surface area contributed by atoms with Crippen LogP contribution in [-0.4, -0.2) is 30.3 Å². The quantitative estimate of drug-likeness (QED) is 0.144. The van der Waals surface area contributed by atoms with Crippen LogP contribution in [0.15, 0.2) is 72.9 Å². The van der Waals surface area contributed by atoms with Gasteiger partial charge in [-0.05, 0) is 42.0 Å². The molecule has 0 aliphatic carbocycles. The lowest BCUT2D eigenvalue weighted by molar-refractivity contribution is -0.133. The zero-order valence-corrected chi connectivity index (χ0v) is 18.4. The lowest BCUT2D eigenvalue weighted by Gasteiger charge is -2.12. The molecular formula is C27H19FN2O5. The summed E-state index contributed by atoms with van der Waals surface area (Å²) in [4.78, 5) is 20.1. The number of carbonyl (C=O) groups excluding carboxylic acids is 1. The SMILES string of the molecule is [C-]#[N+]c1cc2c(Oc3ccc(CC(=O)Oc4ccccc4)c(F)c3)ccnc2cc1OC[C@H]1CO1. The molecule has 0 radical (unpaired) electrons. The average molecular weight is 470 g/mol. The standard InChI is InChI=1S/C27H19FN2O5/c1-29-24-13-21-23(14-26(24)33-16-20-15-32-20)30-10-9-25(21)34-19-8-7-17(22(28)12-19)11-27(31)35-18-5-3-2-4-6-18/h2-10,12-14,20H,11,15-16H2/t20-/m1/s1. The first kappa shape index (κ1) is 22.3. The number of para-hydroxylation sites is 1. The Morgan fingerprint density at radius 1 is 1.09 bits per heavy atom. The number of epoxide rings is 1. The van der Waals surface area contributed by atoms with E-state index >= 15 is 0 Å². The number of benzene rings is 3. The van der Waals surface area contributed by atoms with Crippen LogP contribution in [0.25, 0.3) is 15.7 Å². The predicted octanol–water partition coefficient (Wildman–Crippen LogP) is 5.64. The number of nitrogens with zero attached hydrogens (tertiary/aromatic N) is 2. The number of fused-ring (bicyclic) bond motifs is 1. The highest BCUT2D eigenvalue weighted by atomic mass is 19.1. The fourth-order valence-corrected chi connectivity index (χ4v) is 3.45. The summed E-state index contributed by atoms with van der Waals surface area (Å²) in [6.07, 6.45) is 1.40. The molecule has 8 heteroatoms. The van der Waals surface area contributed by atoms with Gasteiger partial charge in [0.2, 0.25) is 5.69 Å². The zero-order valence-electron chi connectivity index (χ0n) is 18.4. The van der Waals surface area contributed by atoms with Crippen LogP contribution in [0, 0.1) is 12.4 Å². The smallest absolute Gasteiger partial charge is 0.315 e. The highest BCUT2D eigenvalue weighted by Gasteiger charge is 2.24. The molecule has 1 saturated heterocycles. The molecule has 1 fully saturated rings. The van der Waals surface area contributed by atoms with Gasteiger partial charge in [-0.3, -0.25) is 9.78 Å². The van der Waals surface area contributed by atoms with Gasteiger partial charge in [0.1, 0.15) is 41.5 Å². The van der Waals surface area contributed by atoms with E-state index in [4.69, 9.17) is 25.5 Å². The predicted molar refractivity (Wildman–Crippen MR) is 125 cm³/mol.